The van der Waals surface area contributed by atoms with Crippen LogP contribution in [0.2, 0.25) is 0 Å². The number of hydrogen-bond acceptors (Lipinski definition) is 4. The second-order valence-electron chi connectivity index (χ2n) is 6.15. The molecule has 1 aromatic rings. The van der Waals surface area contributed by atoms with Crippen molar-refractivity contribution in [2.45, 2.75) is 45.2 Å². The first-order chi connectivity index (χ1) is 10.7. The first-order valence-corrected chi connectivity index (χ1v) is 9.35. The summed E-state index contributed by atoms with van der Waals surface area (Å²) >= 11 is 2.07. The Kier molecular flexibility index (Phi) is 5.23. The van der Waals surface area contributed by atoms with Crippen LogP contribution in [0.15, 0.2) is 4.99 Å². The molecule has 1 fully saturated rings. The number of hydrogen-bond donors (Lipinski definition) is 2. The quantitative estimate of drug-likeness (QED) is 0.647. The largest absolute Gasteiger partial charge is 0.356 e. The summed E-state index contributed by atoms with van der Waals surface area (Å²) in [5.74, 6) is 6.29. The van der Waals surface area contributed by atoms with Gasteiger partial charge in [0.25, 0.3) is 0 Å². The monoisotopic (exact) mass is 322 g/mol. The SMILES string of the molecule is CN=C(NCC1CCSCC1)NC1CCc2nc(C)nn2C1. The van der Waals surface area contributed by atoms with E-state index in [0.29, 0.717) is 6.04 Å². The van der Waals surface area contributed by atoms with Crippen molar-refractivity contribution in [1.29, 1.82) is 0 Å². The minimum absolute atomic E-state index is 0.377. The first kappa shape index (κ1) is 15.6. The zero-order chi connectivity index (χ0) is 15.4. The van der Waals surface area contributed by atoms with E-state index in [1.807, 2.05) is 18.7 Å². The minimum Gasteiger partial charge on any atom is -0.356 e. The fourth-order valence-corrected chi connectivity index (χ4v) is 4.34. The molecule has 0 radical (unpaired) electrons. The first-order valence-electron chi connectivity index (χ1n) is 8.20. The third-order valence-corrected chi connectivity index (χ3v) is 5.48. The molecule has 2 N–H and O–H groups in total. The molecule has 0 spiro atoms. The van der Waals surface area contributed by atoms with Gasteiger partial charge in [-0.2, -0.15) is 16.9 Å². The maximum atomic E-state index is 4.46. The summed E-state index contributed by atoms with van der Waals surface area (Å²) in [6.45, 7) is 3.86. The van der Waals surface area contributed by atoms with Gasteiger partial charge in [0.1, 0.15) is 11.6 Å². The zero-order valence-electron chi connectivity index (χ0n) is 13.5. The minimum atomic E-state index is 0.377. The molecule has 22 heavy (non-hydrogen) atoms. The molecule has 6 nitrogen and oxygen atoms in total. The van der Waals surface area contributed by atoms with E-state index in [9.17, 15) is 0 Å². The topological polar surface area (TPSA) is 67.1 Å². The second-order valence-corrected chi connectivity index (χ2v) is 7.37. The highest BCUT2D eigenvalue weighted by molar-refractivity contribution is 7.99. The Labute approximate surface area is 136 Å². The predicted octanol–water partition coefficient (Wildman–Crippen LogP) is 1.21. The van der Waals surface area contributed by atoms with E-state index in [1.54, 1.807) is 0 Å². The van der Waals surface area contributed by atoms with Crippen molar-refractivity contribution in [3.63, 3.8) is 0 Å². The van der Waals surface area contributed by atoms with Gasteiger partial charge in [0.05, 0.1) is 6.54 Å². The Morgan fingerprint density at radius 3 is 2.95 bits per heavy atom. The molecular weight excluding hydrogens is 296 g/mol. The Morgan fingerprint density at radius 1 is 1.36 bits per heavy atom. The number of nitrogens with zero attached hydrogens (tertiary/aromatic N) is 4. The van der Waals surface area contributed by atoms with E-state index in [2.05, 4.69) is 37.5 Å². The molecule has 1 atom stereocenters. The Hall–Kier alpha value is -1.24. The van der Waals surface area contributed by atoms with E-state index in [1.165, 1.54) is 24.3 Å². The lowest BCUT2D eigenvalue weighted by Gasteiger charge is -2.27. The molecule has 2 aliphatic rings. The van der Waals surface area contributed by atoms with E-state index in [-0.39, 0.29) is 0 Å². The molecule has 1 unspecified atom stereocenters. The van der Waals surface area contributed by atoms with Gasteiger partial charge in [0.15, 0.2) is 5.96 Å². The van der Waals surface area contributed by atoms with Gasteiger partial charge in [-0.15, -0.1) is 0 Å². The van der Waals surface area contributed by atoms with Crippen LogP contribution in [0.4, 0.5) is 0 Å². The van der Waals surface area contributed by atoms with Crippen molar-refractivity contribution in [2.24, 2.45) is 10.9 Å². The maximum Gasteiger partial charge on any atom is 0.191 e. The smallest absolute Gasteiger partial charge is 0.191 e. The van der Waals surface area contributed by atoms with Crippen LogP contribution in [-0.4, -0.2) is 51.9 Å². The Balaban J connectivity index is 1.48. The Bertz CT molecular complexity index is 520. The zero-order valence-corrected chi connectivity index (χ0v) is 14.3. The van der Waals surface area contributed by atoms with Crippen LogP contribution < -0.4 is 10.6 Å². The number of aromatic nitrogens is 3. The molecule has 122 valence electrons. The average Bonchev–Trinajstić information content (AvgIpc) is 2.91. The predicted molar refractivity (Wildman–Crippen MR) is 91.4 cm³/mol. The van der Waals surface area contributed by atoms with Crippen molar-refractivity contribution in [2.75, 3.05) is 25.1 Å². The lowest BCUT2D eigenvalue weighted by molar-refractivity contribution is 0.390. The van der Waals surface area contributed by atoms with Crippen molar-refractivity contribution in [3.05, 3.63) is 11.6 Å². The normalized spacial score (nSPS) is 23.2. The summed E-state index contributed by atoms with van der Waals surface area (Å²) in [7, 11) is 1.85. The van der Waals surface area contributed by atoms with Crippen molar-refractivity contribution < 1.29 is 0 Å². The molecule has 0 aromatic carbocycles. The lowest BCUT2D eigenvalue weighted by atomic mass is 10.0. The van der Waals surface area contributed by atoms with E-state index >= 15 is 0 Å². The molecule has 0 saturated carbocycles. The molecule has 2 aliphatic heterocycles. The van der Waals surface area contributed by atoms with Crippen LogP contribution in [0.25, 0.3) is 0 Å². The summed E-state index contributed by atoms with van der Waals surface area (Å²) in [5, 5.41) is 11.5. The second kappa shape index (κ2) is 7.35. The number of fused-ring (bicyclic) bond motifs is 1. The van der Waals surface area contributed by atoms with Crippen molar-refractivity contribution in [1.82, 2.24) is 25.4 Å². The van der Waals surface area contributed by atoms with Crippen LogP contribution >= 0.6 is 11.8 Å². The molecule has 1 saturated heterocycles. The van der Waals surface area contributed by atoms with Crippen LogP contribution in [0.5, 0.6) is 0 Å². The van der Waals surface area contributed by atoms with Gasteiger partial charge in [-0.3, -0.25) is 4.99 Å². The highest BCUT2D eigenvalue weighted by Crippen LogP contribution is 2.21. The van der Waals surface area contributed by atoms with Crippen LogP contribution in [0, 0.1) is 12.8 Å². The fraction of sp³-hybridized carbons (Fsp3) is 0.800. The summed E-state index contributed by atoms with van der Waals surface area (Å²) < 4.78 is 2.03. The third kappa shape index (κ3) is 3.94. The summed E-state index contributed by atoms with van der Waals surface area (Å²) in [4.78, 5) is 8.83. The van der Waals surface area contributed by atoms with Crippen molar-refractivity contribution >= 4 is 17.7 Å². The number of aryl methyl sites for hydroxylation is 2. The third-order valence-electron chi connectivity index (χ3n) is 4.43. The standard InChI is InChI=1S/C15H26N6S/c1-11-18-14-4-3-13(10-21(14)20-11)19-15(16-2)17-9-12-5-7-22-8-6-12/h12-13H,3-10H2,1-2H3,(H2,16,17,19). The molecule has 0 bridgehead atoms. The number of thioether (sulfide) groups is 1. The van der Waals surface area contributed by atoms with Gasteiger partial charge in [0.2, 0.25) is 0 Å². The van der Waals surface area contributed by atoms with Gasteiger partial charge in [-0.05, 0) is 43.6 Å². The highest BCUT2D eigenvalue weighted by Gasteiger charge is 2.22. The average molecular weight is 322 g/mol. The molecule has 3 heterocycles. The molecule has 1 aromatic heterocycles. The lowest BCUT2D eigenvalue weighted by Crippen LogP contribution is -2.48. The molecule has 3 rings (SSSR count). The van der Waals surface area contributed by atoms with Crippen LogP contribution in [0.3, 0.4) is 0 Å². The summed E-state index contributed by atoms with van der Waals surface area (Å²) in [5.41, 5.74) is 0. The summed E-state index contributed by atoms with van der Waals surface area (Å²) in [6, 6.07) is 0.377. The van der Waals surface area contributed by atoms with Gasteiger partial charge in [-0.1, -0.05) is 0 Å². The van der Waals surface area contributed by atoms with Crippen LogP contribution in [0.1, 0.15) is 30.9 Å². The number of nitrogens with one attached hydrogen (secondary N) is 2. The van der Waals surface area contributed by atoms with E-state index in [0.717, 1.165) is 49.5 Å². The highest BCUT2D eigenvalue weighted by atomic mass is 32.2. The molecular formula is C15H26N6S. The van der Waals surface area contributed by atoms with Gasteiger partial charge in [0, 0.05) is 26.1 Å². The van der Waals surface area contributed by atoms with E-state index < -0.39 is 0 Å². The number of rotatable bonds is 3. The maximum absolute atomic E-state index is 4.46. The number of aliphatic imine (C=N–C) groups is 1. The van der Waals surface area contributed by atoms with Crippen molar-refractivity contribution in [3.8, 4) is 0 Å². The Morgan fingerprint density at radius 2 is 2.18 bits per heavy atom. The van der Waals surface area contributed by atoms with E-state index in [4.69, 9.17) is 0 Å². The number of guanidine groups is 1. The van der Waals surface area contributed by atoms with Gasteiger partial charge >= 0.3 is 0 Å². The summed E-state index contributed by atoms with van der Waals surface area (Å²) in [6.07, 6.45) is 4.70. The van der Waals surface area contributed by atoms with Crippen LogP contribution in [-0.2, 0) is 13.0 Å². The molecule has 0 amide bonds. The van der Waals surface area contributed by atoms with Gasteiger partial charge < -0.3 is 10.6 Å². The fourth-order valence-electron chi connectivity index (χ4n) is 3.13. The molecule has 0 aliphatic carbocycles. The van der Waals surface area contributed by atoms with Gasteiger partial charge in [-0.25, -0.2) is 9.67 Å². The molecule has 7 heteroatoms.